The van der Waals surface area contributed by atoms with Gasteiger partial charge in [-0.2, -0.15) is 0 Å². The van der Waals surface area contributed by atoms with Gasteiger partial charge in [-0.25, -0.2) is 19.2 Å². The van der Waals surface area contributed by atoms with Crippen molar-refractivity contribution >= 4 is 17.4 Å². The predicted molar refractivity (Wildman–Crippen MR) is 72.4 cm³/mol. The first-order valence-electron chi connectivity index (χ1n) is 5.78. The SMILES string of the molecule is COc1ncc(NC(=O)Nc2ccc(C)c(F)c2)cn1. The van der Waals surface area contributed by atoms with Crippen molar-refractivity contribution in [1.82, 2.24) is 9.97 Å². The smallest absolute Gasteiger partial charge is 0.323 e. The first-order valence-corrected chi connectivity index (χ1v) is 5.78. The summed E-state index contributed by atoms with van der Waals surface area (Å²) >= 11 is 0. The topological polar surface area (TPSA) is 76.1 Å². The van der Waals surface area contributed by atoms with E-state index in [4.69, 9.17) is 4.74 Å². The largest absolute Gasteiger partial charge is 0.467 e. The lowest BCUT2D eigenvalue weighted by atomic mass is 10.2. The number of ether oxygens (including phenoxy) is 1. The van der Waals surface area contributed by atoms with Gasteiger partial charge in [0, 0.05) is 5.69 Å². The van der Waals surface area contributed by atoms with Crippen molar-refractivity contribution in [3.05, 3.63) is 42.0 Å². The Kier molecular flexibility index (Phi) is 4.09. The summed E-state index contributed by atoms with van der Waals surface area (Å²) in [7, 11) is 1.45. The summed E-state index contributed by atoms with van der Waals surface area (Å²) in [6.45, 7) is 1.65. The normalized spacial score (nSPS) is 9.95. The van der Waals surface area contributed by atoms with E-state index in [1.165, 1.54) is 25.6 Å². The third-order valence-corrected chi connectivity index (χ3v) is 2.50. The number of nitrogens with one attached hydrogen (secondary N) is 2. The Labute approximate surface area is 115 Å². The zero-order chi connectivity index (χ0) is 14.5. The molecule has 2 N–H and O–H groups in total. The summed E-state index contributed by atoms with van der Waals surface area (Å²) in [6, 6.07) is 4.14. The number of amides is 2. The molecule has 0 saturated heterocycles. The fraction of sp³-hybridized carbons (Fsp3) is 0.154. The highest BCUT2D eigenvalue weighted by molar-refractivity contribution is 5.99. The number of rotatable bonds is 3. The number of nitrogens with zero attached hydrogens (tertiary/aromatic N) is 2. The molecule has 2 rings (SSSR count). The predicted octanol–water partition coefficient (Wildman–Crippen LogP) is 2.58. The van der Waals surface area contributed by atoms with Crippen LogP contribution in [-0.4, -0.2) is 23.1 Å². The lowest BCUT2D eigenvalue weighted by molar-refractivity contribution is 0.262. The van der Waals surface area contributed by atoms with E-state index in [0.717, 1.165) is 0 Å². The van der Waals surface area contributed by atoms with Crippen LogP contribution in [0.5, 0.6) is 6.01 Å². The van der Waals surface area contributed by atoms with Crippen molar-refractivity contribution in [1.29, 1.82) is 0 Å². The molecule has 0 fully saturated rings. The molecule has 2 aromatic rings. The molecule has 0 unspecified atom stereocenters. The van der Waals surface area contributed by atoms with Gasteiger partial charge in [0.25, 0.3) is 0 Å². The van der Waals surface area contributed by atoms with Crippen LogP contribution in [0.4, 0.5) is 20.6 Å². The van der Waals surface area contributed by atoms with Crippen LogP contribution in [0.15, 0.2) is 30.6 Å². The number of urea groups is 1. The highest BCUT2D eigenvalue weighted by Gasteiger charge is 2.05. The lowest BCUT2D eigenvalue weighted by Crippen LogP contribution is -2.19. The molecule has 0 radical (unpaired) electrons. The van der Waals surface area contributed by atoms with Crippen LogP contribution < -0.4 is 15.4 Å². The van der Waals surface area contributed by atoms with Gasteiger partial charge in [-0.1, -0.05) is 6.07 Å². The Bertz CT molecular complexity index is 616. The average molecular weight is 276 g/mol. The maximum atomic E-state index is 13.3. The van der Waals surface area contributed by atoms with E-state index >= 15 is 0 Å². The third-order valence-electron chi connectivity index (χ3n) is 2.50. The van der Waals surface area contributed by atoms with Gasteiger partial charge in [0.05, 0.1) is 25.2 Å². The number of hydrogen-bond acceptors (Lipinski definition) is 4. The molecule has 0 aliphatic heterocycles. The monoisotopic (exact) mass is 276 g/mol. The number of anilines is 2. The third kappa shape index (κ3) is 3.41. The van der Waals surface area contributed by atoms with E-state index in [1.54, 1.807) is 19.1 Å². The summed E-state index contributed by atoms with van der Waals surface area (Å²) in [5, 5.41) is 5.03. The number of aromatic nitrogens is 2. The molecule has 104 valence electrons. The number of benzene rings is 1. The van der Waals surface area contributed by atoms with Crippen LogP contribution in [0, 0.1) is 12.7 Å². The highest BCUT2D eigenvalue weighted by Crippen LogP contribution is 2.14. The minimum atomic E-state index is -0.512. The summed E-state index contributed by atoms with van der Waals surface area (Å²) in [5.74, 6) is -0.379. The number of methoxy groups -OCH3 is 1. The van der Waals surface area contributed by atoms with Crippen LogP contribution in [-0.2, 0) is 0 Å². The molecular formula is C13H13FN4O2. The summed E-state index contributed by atoms with van der Waals surface area (Å²) < 4.78 is 18.1. The molecule has 0 saturated carbocycles. The van der Waals surface area contributed by atoms with Gasteiger partial charge < -0.3 is 15.4 Å². The molecule has 1 aromatic carbocycles. The van der Waals surface area contributed by atoms with E-state index in [1.807, 2.05) is 0 Å². The Balaban J connectivity index is 1.99. The van der Waals surface area contributed by atoms with Crippen LogP contribution in [0.1, 0.15) is 5.56 Å². The van der Waals surface area contributed by atoms with Crippen LogP contribution in [0.3, 0.4) is 0 Å². The van der Waals surface area contributed by atoms with E-state index in [0.29, 0.717) is 16.9 Å². The molecule has 0 bridgehead atoms. The van der Waals surface area contributed by atoms with Gasteiger partial charge in [0.2, 0.25) is 0 Å². The van der Waals surface area contributed by atoms with E-state index < -0.39 is 6.03 Å². The van der Waals surface area contributed by atoms with Crippen LogP contribution in [0.25, 0.3) is 0 Å². The standard InChI is InChI=1S/C13H13FN4O2/c1-8-3-4-9(5-11(8)14)17-12(19)18-10-6-15-13(20-2)16-7-10/h3-7H,1-2H3,(H2,17,18,19). The second kappa shape index (κ2) is 5.96. The molecule has 0 aliphatic rings. The number of carbonyl (C=O) groups is 1. The molecule has 6 nitrogen and oxygen atoms in total. The van der Waals surface area contributed by atoms with Gasteiger partial charge in [0.1, 0.15) is 5.82 Å². The minimum absolute atomic E-state index is 0.205. The van der Waals surface area contributed by atoms with Crippen molar-refractivity contribution in [2.24, 2.45) is 0 Å². The Morgan fingerprint density at radius 3 is 2.45 bits per heavy atom. The second-order valence-corrected chi connectivity index (χ2v) is 4.00. The Morgan fingerprint density at radius 2 is 1.85 bits per heavy atom. The molecule has 0 aliphatic carbocycles. The maximum absolute atomic E-state index is 13.3. The highest BCUT2D eigenvalue weighted by atomic mass is 19.1. The van der Waals surface area contributed by atoms with Gasteiger partial charge in [-0.15, -0.1) is 0 Å². The Morgan fingerprint density at radius 1 is 1.20 bits per heavy atom. The first-order chi connectivity index (χ1) is 9.58. The number of hydrogen-bond donors (Lipinski definition) is 2. The first kappa shape index (κ1) is 13.7. The second-order valence-electron chi connectivity index (χ2n) is 4.00. The molecular weight excluding hydrogens is 263 g/mol. The zero-order valence-electron chi connectivity index (χ0n) is 11.0. The Hall–Kier alpha value is -2.70. The van der Waals surface area contributed by atoms with Gasteiger partial charge in [0.15, 0.2) is 0 Å². The van der Waals surface area contributed by atoms with Crippen molar-refractivity contribution in [3.63, 3.8) is 0 Å². The van der Waals surface area contributed by atoms with E-state index in [-0.39, 0.29) is 11.8 Å². The molecule has 2 amide bonds. The summed E-state index contributed by atoms with van der Waals surface area (Å²) in [6.07, 6.45) is 2.81. The van der Waals surface area contributed by atoms with Crippen molar-refractivity contribution < 1.29 is 13.9 Å². The van der Waals surface area contributed by atoms with Gasteiger partial charge in [-0.3, -0.25) is 0 Å². The fourth-order valence-electron chi connectivity index (χ4n) is 1.45. The van der Waals surface area contributed by atoms with Gasteiger partial charge in [-0.05, 0) is 24.6 Å². The molecule has 1 heterocycles. The number of aryl methyl sites for hydroxylation is 1. The summed E-state index contributed by atoms with van der Waals surface area (Å²) in [5.41, 5.74) is 1.27. The molecule has 20 heavy (non-hydrogen) atoms. The van der Waals surface area contributed by atoms with Crippen molar-refractivity contribution in [3.8, 4) is 6.01 Å². The number of halogens is 1. The lowest BCUT2D eigenvalue weighted by Gasteiger charge is -2.08. The zero-order valence-corrected chi connectivity index (χ0v) is 11.0. The average Bonchev–Trinajstić information content (AvgIpc) is 2.44. The maximum Gasteiger partial charge on any atom is 0.323 e. The van der Waals surface area contributed by atoms with Crippen LogP contribution in [0.2, 0.25) is 0 Å². The minimum Gasteiger partial charge on any atom is -0.467 e. The molecule has 7 heteroatoms. The molecule has 1 aromatic heterocycles. The van der Waals surface area contributed by atoms with Gasteiger partial charge >= 0.3 is 12.0 Å². The fourth-order valence-corrected chi connectivity index (χ4v) is 1.45. The van der Waals surface area contributed by atoms with Crippen molar-refractivity contribution in [2.75, 3.05) is 17.7 Å². The van der Waals surface area contributed by atoms with Crippen LogP contribution >= 0.6 is 0 Å². The molecule has 0 spiro atoms. The number of carbonyl (C=O) groups excluding carboxylic acids is 1. The van der Waals surface area contributed by atoms with E-state index in [2.05, 4.69) is 20.6 Å². The molecule has 0 atom stereocenters. The van der Waals surface area contributed by atoms with Crippen molar-refractivity contribution in [2.45, 2.75) is 6.92 Å². The quantitative estimate of drug-likeness (QED) is 0.903. The summed E-state index contributed by atoms with van der Waals surface area (Å²) in [4.78, 5) is 19.4. The van der Waals surface area contributed by atoms with E-state index in [9.17, 15) is 9.18 Å².